The molecule has 2 N–H and O–H groups in total. The second-order valence-electron chi connectivity index (χ2n) is 3.40. The van der Waals surface area contributed by atoms with Gasteiger partial charge < -0.3 is 10.2 Å². The van der Waals surface area contributed by atoms with Crippen molar-refractivity contribution >= 4 is 11.8 Å². The van der Waals surface area contributed by atoms with Gasteiger partial charge >= 0.3 is 0 Å². The van der Waals surface area contributed by atoms with E-state index < -0.39 is 0 Å². The third-order valence-electron chi connectivity index (χ3n) is 2.07. The summed E-state index contributed by atoms with van der Waals surface area (Å²) in [6.07, 6.45) is 0.729. The maximum Gasteiger partial charge on any atom is 0.128 e. The Morgan fingerprint density at radius 3 is 2.76 bits per heavy atom. The molecule has 0 radical (unpaired) electrons. The first-order chi connectivity index (χ1) is 8.27. The van der Waals surface area contributed by atoms with Crippen LogP contribution in [0.5, 0.6) is 0 Å². The Bertz CT molecular complexity index is 410. The van der Waals surface area contributed by atoms with Gasteiger partial charge in [-0.1, -0.05) is 17.9 Å². The van der Waals surface area contributed by atoms with E-state index in [-0.39, 0.29) is 19.0 Å². The van der Waals surface area contributed by atoms with E-state index in [0.29, 0.717) is 16.9 Å². The average molecular weight is 254 g/mol. The molecule has 0 saturated carbocycles. The molecule has 0 heterocycles. The smallest absolute Gasteiger partial charge is 0.128 e. The Labute approximate surface area is 105 Å². The van der Waals surface area contributed by atoms with Crippen LogP contribution in [0.2, 0.25) is 0 Å². The zero-order valence-corrected chi connectivity index (χ0v) is 10.3. The highest BCUT2D eigenvalue weighted by Crippen LogP contribution is 2.17. The summed E-state index contributed by atoms with van der Waals surface area (Å²) in [4.78, 5) is 0. The number of rotatable bonds is 5. The predicted molar refractivity (Wildman–Crippen MR) is 68.2 cm³/mol. The van der Waals surface area contributed by atoms with Gasteiger partial charge in [0, 0.05) is 17.9 Å². The molecule has 2 nitrogen and oxygen atoms in total. The molecule has 0 bridgehead atoms. The van der Waals surface area contributed by atoms with E-state index in [1.807, 2.05) is 0 Å². The van der Waals surface area contributed by atoms with Crippen molar-refractivity contribution in [3.8, 4) is 11.8 Å². The number of thioether (sulfide) groups is 1. The molecular weight excluding hydrogens is 239 g/mol. The fraction of sp³-hybridized carbons (Fsp3) is 0.385. The number of hydrogen-bond acceptors (Lipinski definition) is 3. The predicted octanol–water partition coefficient (Wildman–Crippen LogP) is 1.79. The summed E-state index contributed by atoms with van der Waals surface area (Å²) in [7, 11) is 0. The second kappa shape index (κ2) is 8.13. The van der Waals surface area contributed by atoms with Gasteiger partial charge in [-0.05, 0) is 29.9 Å². The molecular formula is C13H15FO2S. The molecule has 0 aromatic heterocycles. The van der Waals surface area contributed by atoms with Gasteiger partial charge in [-0.25, -0.2) is 4.39 Å². The Kier molecular flexibility index (Phi) is 6.71. The Morgan fingerprint density at radius 1 is 1.29 bits per heavy atom. The molecule has 1 aromatic rings. The van der Waals surface area contributed by atoms with Crippen molar-refractivity contribution in [3.05, 3.63) is 35.1 Å². The largest absolute Gasteiger partial charge is 0.396 e. The quantitative estimate of drug-likeness (QED) is 0.621. The first kappa shape index (κ1) is 14.0. The second-order valence-corrected chi connectivity index (χ2v) is 4.50. The molecule has 1 rings (SSSR count). The van der Waals surface area contributed by atoms with E-state index in [4.69, 9.17) is 10.2 Å². The van der Waals surface area contributed by atoms with Crippen molar-refractivity contribution in [2.45, 2.75) is 12.2 Å². The van der Waals surface area contributed by atoms with E-state index in [9.17, 15) is 4.39 Å². The number of aliphatic hydroxyl groups is 2. The van der Waals surface area contributed by atoms with Gasteiger partial charge in [-0.3, -0.25) is 0 Å². The van der Waals surface area contributed by atoms with Crippen LogP contribution in [0, 0.1) is 17.7 Å². The zero-order chi connectivity index (χ0) is 12.5. The highest BCUT2D eigenvalue weighted by Gasteiger charge is 2.02. The van der Waals surface area contributed by atoms with Gasteiger partial charge in [0.25, 0.3) is 0 Å². The fourth-order valence-electron chi connectivity index (χ4n) is 1.23. The van der Waals surface area contributed by atoms with E-state index >= 15 is 0 Å². The van der Waals surface area contributed by atoms with Crippen molar-refractivity contribution in [2.24, 2.45) is 0 Å². The fourth-order valence-corrected chi connectivity index (χ4v) is 2.16. The Balaban J connectivity index is 2.57. The molecule has 92 valence electrons. The first-order valence-corrected chi connectivity index (χ1v) is 6.50. The maximum atomic E-state index is 13.6. The molecule has 4 heteroatoms. The van der Waals surface area contributed by atoms with Crippen LogP contribution in [0.3, 0.4) is 0 Å². The lowest BCUT2D eigenvalue weighted by Crippen LogP contribution is -1.91. The standard InChI is InChI=1S/C13H15FO2S/c14-13-9-11(3-1-6-15)4-5-12(13)10-17-8-2-7-16/h4-5,9,15-16H,2,6-8,10H2. The van der Waals surface area contributed by atoms with Crippen molar-refractivity contribution in [2.75, 3.05) is 19.0 Å². The van der Waals surface area contributed by atoms with Crippen LogP contribution in [0.15, 0.2) is 18.2 Å². The van der Waals surface area contributed by atoms with E-state index in [1.54, 1.807) is 23.9 Å². The average Bonchev–Trinajstić information content (AvgIpc) is 2.34. The molecule has 17 heavy (non-hydrogen) atoms. The maximum absolute atomic E-state index is 13.6. The molecule has 0 saturated heterocycles. The topological polar surface area (TPSA) is 40.5 Å². The molecule has 0 spiro atoms. The van der Waals surface area contributed by atoms with Gasteiger partial charge in [-0.15, -0.1) is 0 Å². The number of aliphatic hydroxyl groups excluding tert-OH is 2. The highest BCUT2D eigenvalue weighted by molar-refractivity contribution is 7.98. The third-order valence-corrected chi connectivity index (χ3v) is 3.16. The molecule has 0 amide bonds. The van der Waals surface area contributed by atoms with E-state index in [0.717, 1.165) is 12.2 Å². The van der Waals surface area contributed by atoms with Gasteiger partial charge in [0.2, 0.25) is 0 Å². The summed E-state index contributed by atoms with van der Waals surface area (Å²) in [6, 6.07) is 4.83. The van der Waals surface area contributed by atoms with Crippen LogP contribution in [-0.2, 0) is 5.75 Å². The van der Waals surface area contributed by atoms with Gasteiger partial charge in [0.15, 0.2) is 0 Å². The van der Waals surface area contributed by atoms with Crippen LogP contribution in [-0.4, -0.2) is 29.2 Å². The Morgan fingerprint density at radius 2 is 2.12 bits per heavy atom. The first-order valence-electron chi connectivity index (χ1n) is 5.34. The summed E-state index contributed by atoms with van der Waals surface area (Å²) < 4.78 is 13.6. The van der Waals surface area contributed by atoms with Crippen LogP contribution >= 0.6 is 11.8 Å². The van der Waals surface area contributed by atoms with Crippen molar-refractivity contribution in [1.29, 1.82) is 0 Å². The SMILES string of the molecule is OCC#Cc1ccc(CSCCCO)c(F)c1. The number of benzene rings is 1. The molecule has 0 fully saturated rings. The van der Waals surface area contributed by atoms with Gasteiger partial charge in [0.1, 0.15) is 12.4 Å². The van der Waals surface area contributed by atoms with Crippen LogP contribution in [0.25, 0.3) is 0 Å². The summed E-state index contributed by atoms with van der Waals surface area (Å²) in [5.74, 6) is 6.28. The Hall–Kier alpha value is -1.02. The van der Waals surface area contributed by atoms with Crippen molar-refractivity contribution in [3.63, 3.8) is 0 Å². The lowest BCUT2D eigenvalue weighted by Gasteiger charge is -2.03. The molecule has 0 atom stereocenters. The minimum absolute atomic E-state index is 0.172. The van der Waals surface area contributed by atoms with Crippen LogP contribution < -0.4 is 0 Å². The molecule has 0 aliphatic carbocycles. The zero-order valence-electron chi connectivity index (χ0n) is 9.45. The molecule has 0 aliphatic rings. The monoisotopic (exact) mass is 254 g/mol. The lowest BCUT2D eigenvalue weighted by atomic mass is 10.1. The number of halogens is 1. The normalized spacial score (nSPS) is 9.82. The molecule has 0 aliphatic heterocycles. The summed E-state index contributed by atoms with van der Waals surface area (Å²) >= 11 is 1.59. The summed E-state index contributed by atoms with van der Waals surface area (Å²) in [5, 5.41) is 17.1. The van der Waals surface area contributed by atoms with Crippen LogP contribution in [0.4, 0.5) is 4.39 Å². The third kappa shape index (κ3) is 5.22. The van der Waals surface area contributed by atoms with Gasteiger partial charge in [0.05, 0.1) is 0 Å². The number of hydrogen-bond donors (Lipinski definition) is 2. The molecule has 1 aromatic carbocycles. The van der Waals surface area contributed by atoms with E-state index in [1.165, 1.54) is 6.07 Å². The van der Waals surface area contributed by atoms with Crippen LogP contribution in [0.1, 0.15) is 17.5 Å². The molecule has 0 unspecified atom stereocenters. The summed E-state index contributed by atoms with van der Waals surface area (Å²) in [6.45, 7) is -0.0500. The highest BCUT2D eigenvalue weighted by atomic mass is 32.2. The van der Waals surface area contributed by atoms with Crippen molar-refractivity contribution < 1.29 is 14.6 Å². The van der Waals surface area contributed by atoms with E-state index in [2.05, 4.69) is 11.8 Å². The minimum Gasteiger partial charge on any atom is -0.396 e. The summed E-state index contributed by atoms with van der Waals surface area (Å²) in [5.41, 5.74) is 1.21. The lowest BCUT2D eigenvalue weighted by molar-refractivity contribution is 0.296. The van der Waals surface area contributed by atoms with Gasteiger partial charge in [-0.2, -0.15) is 11.8 Å². The minimum atomic E-state index is -0.272. The van der Waals surface area contributed by atoms with Crippen molar-refractivity contribution in [1.82, 2.24) is 0 Å².